The highest BCUT2D eigenvalue weighted by Crippen LogP contribution is 2.20. The van der Waals surface area contributed by atoms with Crippen LogP contribution in [-0.4, -0.2) is 79.9 Å². The molecule has 4 rings (SSSR count). The summed E-state index contributed by atoms with van der Waals surface area (Å²) >= 11 is 0. The minimum atomic E-state index is 0.0141. The molecule has 0 saturated carbocycles. The third-order valence-corrected chi connectivity index (χ3v) is 5.04. The molecule has 8 heteroatoms. The van der Waals surface area contributed by atoms with Gasteiger partial charge in [0.05, 0.1) is 13.2 Å². The first-order valence-electron chi connectivity index (χ1n) is 9.65. The van der Waals surface area contributed by atoms with Crippen LogP contribution in [0.25, 0.3) is 0 Å². The molecule has 0 radical (unpaired) electrons. The Bertz CT molecular complexity index is 774. The standard InChI is InChI=1S/C20H25N5O3/c26-20(15-28-17-4-2-1-3-5-17)25-8-6-23(7-9-25)18-14-19(22-16-21-18)24-10-12-27-13-11-24/h1-5,14,16H,6-13,15H2. The van der Waals surface area contributed by atoms with Crippen molar-refractivity contribution in [1.29, 1.82) is 0 Å². The van der Waals surface area contributed by atoms with Crippen molar-refractivity contribution in [1.82, 2.24) is 14.9 Å². The molecule has 0 bridgehead atoms. The van der Waals surface area contributed by atoms with Gasteiger partial charge >= 0.3 is 0 Å². The number of benzene rings is 1. The van der Waals surface area contributed by atoms with Gasteiger partial charge in [0, 0.05) is 45.3 Å². The zero-order valence-corrected chi connectivity index (χ0v) is 15.9. The molecule has 0 N–H and O–H groups in total. The van der Waals surface area contributed by atoms with Gasteiger partial charge in [0.1, 0.15) is 23.7 Å². The first-order valence-corrected chi connectivity index (χ1v) is 9.65. The van der Waals surface area contributed by atoms with E-state index in [0.717, 1.165) is 51.0 Å². The van der Waals surface area contributed by atoms with Gasteiger partial charge in [-0.2, -0.15) is 0 Å². The Kier molecular flexibility index (Phi) is 5.86. The average molecular weight is 383 g/mol. The second-order valence-corrected chi connectivity index (χ2v) is 6.80. The van der Waals surface area contributed by atoms with Crippen molar-refractivity contribution in [3.63, 3.8) is 0 Å². The highest BCUT2D eigenvalue weighted by Gasteiger charge is 2.23. The fourth-order valence-electron chi connectivity index (χ4n) is 3.41. The normalized spacial score (nSPS) is 17.5. The van der Waals surface area contributed by atoms with Crippen molar-refractivity contribution < 1.29 is 14.3 Å². The molecule has 2 aliphatic rings. The van der Waals surface area contributed by atoms with Gasteiger partial charge in [-0.05, 0) is 12.1 Å². The van der Waals surface area contributed by atoms with E-state index in [4.69, 9.17) is 9.47 Å². The van der Waals surface area contributed by atoms with Crippen LogP contribution < -0.4 is 14.5 Å². The van der Waals surface area contributed by atoms with Gasteiger partial charge in [-0.1, -0.05) is 18.2 Å². The number of carbonyl (C=O) groups excluding carboxylic acids is 1. The molecule has 0 spiro atoms. The largest absolute Gasteiger partial charge is 0.484 e. The first-order chi connectivity index (χ1) is 13.8. The number of morpholine rings is 1. The van der Waals surface area contributed by atoms with Crippen LogP contribution in [-0.2, 0) is 9.53 Å². The lowest BCUT2D eigenvalue weighted by Gasteiger charge is -2.36. The van der Waals surface area contributed by atoms with Crippen molar-refractivity contribution >= 4 is 17.5 Å². The molecule has 2 aromatic rings. The summed E-state index contributed by atoms with van der Waals surface area (Å²) in [6, 6.07) is 11.4. The maximum Gasteiger partial charge on any atom is 0.260 e. The van der Waals surface area contributed by atoms with E-state index in [2.05, 4.69) is 19.8 Å². The number of amides is 1. The second-order valence-electron chi connectivity index (χ2n) is 6.80. The number of piperazine rings is 1. The van der Waals surface area contributed by atoms with Gasteiger partial charge in [0.2, 0.25) is 0 Å². The highest BCUT2D eigenvalue weighted by atomic mass is 16.5. The van der Waals surface area contributed by atoms with E-state index >= 15 is 0 Å². The Hall–Kier alpha value is -2.87. The fraction of sp³-hybridized carbons (Fsp3) is 0.450. The number of para-hydroxylation sites is 1. The molecule has 0 unspecified atom stereocenters. The lowest BCUT2D eigenvalue weighted by atomic mass is 10.3. The zero-order valence-electron chi connectivity index (χ0n) is 15.9. The van der Waals surface area contributed by atoms with Crippen molar-refractivity contribution in [3.8, 4) is 5.75 Å². The summed E-state index contributed by atoms with van der Waals surface area (Å²) in [7, 11) is 0. The third-order valence-electron chi connectivity index (χ3n) is 5.04. The van der Waals surface area contributed by atoms with Gasteiger partial charge in [0.25, 0.3) is 5.91 Å². The fourth-order valence-corrected chi connectivity index (χ4v) is 3.41. The SMILES string of the molecule is O=C(COc1ccccc1)N1CCN(c2cc(N3CCOCC3)ncn2)CC1. The van der Waals surface area contributed by atoms with Crippen molar-refractivity contribution in [2.75, 3.05) is 68.9 Å². The predicted molar refractivity (Wildman–Crippen MR) is 106 cm³/mol. The minimum Gasteiger partial charge on any atom is -0.484 e. The van der Waals surface area contributed by atoms with Crippen molar-refractivity contribution in [3.05, 3.63) is 42.7 Å². The molecular weight excluding hydrogens is 358 g/mol. The Labute approximate surface area is 164 Å². The predicted octanol–water partition coefficient (Wildman–Crippen LogP) is 1.04. The summed E-state index contributed by atoms with van der Waals surface area (Å²) in [4.78, 5) is 27.5. The third kappa shape index (κ3) is 4.51. The van der Waals surface area contributed by atoms with Gasteiger partial charge in [0.15, 0.2) is 6.61 Å². The number of anilines is 2. The minimum absolute atomic E-state index is 0.0141. The molecule has 2 saturated heterocycles. The van der Waals surface area contributed by atoms with E-state index in [1.807, 2.05) is 41.3 Å². The van der Waals surface area contributed by atoms with Gasteiger partial charge in [-0.15, -0.1) is 0 Å². The van der Waals surface area contributed by atoms with E-state index in [0.29, 0.717) is 18.8 Å². The Balaban J connectivity index is 1.29. The molecule has 0 aliphatic carbocycles. The molecule has 148 valence electrons. The zero-order chi connectivity index (χ0) is 19.2. The summed E-state index contributed by atoms with van der Waals surface area (Å²) in [6.45, 7) is 6.03. The highest BCUT2D eigenvalue weighted by molar-refractivity contribution is 5.78. The van der Waals surface area contributed by atoms with Gasteiger partial charge in [-0.3, -0.25) is 4.79 Å². The Morgan fingerprint density at radius 1 is 0.929 bits per heavy atom. The lowest BCUT2D eigenvalue weighted by Crippen LogP contribution is -2.50. The van der Waals surface area contributed by atoms with Gasteiger partial charge < -0.3 is 24.2 Å². The number of carbonyl (C=O) groups is 1. The maximum atomic E-state index is 12.4. The van der Waals surface area contributed by atoms with E-state index < -0.39 is 0 Å². The van der Waals surface area contributed by atoms with Crippen LogP contribution >= 0.6 is 0 Å². The summed E-state index contributed by atoms with van der Waals surface area (Å²) < 4.78 is 11.0. The van der Waals surface area contributed by atoms with E-state index in [1.54, 1.807) is 6.33 Å². The van der Waals surface area contributed by atoms with Crippen molar-refractivity contribution in [2.24, 2.45) is 0 Å². The molecule has 28 heavy (non-hydrogen) atoms. The molecular formula is C20H25N5O3. The topological polar surface area (TPSA) is 71.0 Å². The quantitative estimate of drug-likeness (QED) is 0.764. The monoisotopic (exact) mass is 383 g/mol. The molecule has 1 aromatic carbocycles. The Morgan fingerprint density at radius 3 is 2.25 bits per heavy atom. The van der Waals surface area contributed by atoms with Crippen LogP contribution in [0.1, 0.15) is 0 Å². The average Bonchev–Trinajstić information content (AvgIpc) is 2.79. The van der Waals surface area contributed by atoms with Crippen LogP contribution in [0.5, 0.6) is 5.75 Å². The lowest BCUT2D eigenvalue weighted by molar-refractivity contribution is -0.133. The summed E-state index contributed by atoms with van der Waals surface area (Å²) in [5, 5.41) is 0. The second kappa shape index (κ2) is 8.88. The van der Waals surface area contributed by atoms with Crippen LogP contribution in [0.4, 0.5) is 11.6 Å². The summed E-state index contributed by atoms with van der Waals surface area (Å²) in [5.74, 6) is 2.57. The van der Waals surface area contributed by atoms with Crippen LogP contribution in [0.2, 0.25) is 0 Å². The molecule has 1 aromatic heterocycles. The molecule has 3 heterocycles. The number of aromatic nitrogens is 2. The Morgan fingerprint density at radius 2 is 1.57 bits per heavy atom. The van der Waals surface area contributed by atoms with E-state index in [9.17, 15) is 4.79 Å². The first kappa shape index (κ1) is 18.5. The van der Waals surface area contributed by atoms with Gasteiger partial charge in [-0.25, -0.2) is 9.97 Å². The van der Waals surface area contributed by atoms with Crippen LogP contribution in [0, 0.1) is 0 Å². The smallest absolute Gasteiger partial charge is 0.260 e. The number of nitrogens with zero attached hydrogens (tertiary/aromatic N) is 5. The number of rotatable bonds is 5. The molecule has 0 atom stereocenters. The number of hydrogen-bond donors (Lipinski definition) is 0. The molecule has 2 aliphatic heterocycles. The molecule has 8 nitrogen and oxygen atoms in total. The number of hydrogen-bond acceptors (Lipinski definition) is 7. The summed E-state index contributed by atoms with van der Waals surface area (Å²) in [5.41, 5.74) is 0. The molecule has 2 fully saturated rings. The van der Waals surface area contributed by atoms with Crippen LogP contribution in [0.15, 0.2) is 42.7 Å². The van der Waals surface area contributed by atoms with Crippen molar-refractivity contribution in [2.45, 2.75) is 0 Å². The van der Waals surface area contributed by atoms with Crippen LogP contribution in [0.3, 0.4) is 0 Å². The van der Waals surface area contributed by atoms with E-state index in [-0.39, 0.29) is 12.5 Å². The maximum absolute atomic E-state index is 12.4. The summed E-state index contributed by atoms with van der Waals surface area (Å²) in [6.07, 6.45) is 1.62. The van der Waals surface area contributed by atoms with E-state index in [1.165, 1.54) is 0 Å². The number of ether oxygens (including phenoxy) is 2. The molecule has 1 amide bonds.